The van der Waals surface area contributed by atoms with Gasteiger partial charge in [0.2, 0.25) is 5.91 Å². The third-order valence-electron chi connectivity index (χ3n) is 4.68. The van der Waals surface area contributed by atoms with E-state index in [4.69, 9.17) is 4.74 Å². The Morgan fingerprint density at radius 3 is 2.37 bits per heavy atom. The molecule has 0 saturated carbocycles. The zero-order valence-electron chi connectivity index (χ0n) is 16.0. The summed E-state index contributed by atoms with van der Waals surface area (Å²) in [5, 5.41) is 7.14. The molecule has 140 valence electrons. The van der Waals surface area contributed by atoms with Crippen molar-refractivity contribution in [3.8, 4) is 5.75 Å². The summed E-state index contributed by atoms with van der Waals surface area (Å²) in [6.07, 6.45) is 0.399. The average Bonchev–Trinajstić information content (AvgIpc) is 3.11. The Kier molecular flexibility index (Phi) is 5.91. The van der Waals surface area contributed by atoms with Gasteiger partial charge in [-0.25, -0.2) is 0 Å². The second kappa shape index (κ2) is 8.54. The second-order valence-electron chi connectivity index (χ2n) is 6.73. The lowest BCUT2D eigenvalue weighted by Gasteiger charge is -2.22. The predicted octanol–water partition coefficient (Wildman–Crippen LogP) is 3.91. The average molecular weight is 363 g/mol. The Morgan fingerprint density at radius 1 is 1.11 bits per heavy atom. The van der Waals surface area contributed by atoms with Crippen LogP contribution >= 0.6 is 0 Å². The summed E-state index contributed by atoms with van der Waals surface area (Å²) >= 11 is 0. The fourth-order valence-electron chi connectivity index (χ4n) is 3.17. The van der Waals surface area contributed by atoms with Crippen LogP contribution in [-0.2, 0) is 11.3 Å². The Labute approximate surface area is 160 Å². The van der Waals surface area contributed by atoms with Gasteiger partial charge in [-0.15, -0.1) is 0 Å². The highest BCUT2D eigenvalue weighted by Gasteiger charge is 2.21. The third-order valence-corrected chi connectivity index (χ3v) is 4.68. The molecule has 2 aromatic carbocycles. The summed E-state index contributed by atoms with van der Waals surface area (Å²) in [6, 6.07) is 20.0. The normalized spacial score (nSPS) is 11.8. The van der Waals surface area contributed by atoms with Gasteiger partial charge in [0.25, 0.3) is 0 Å². The number of H-pyrrole nitrogens is 1. The molecule has 1 heterocycles. The van der Waals surface area contributed by atoms with Crippen LogP contribution in [-0.4, -0.2) is 35.2 Å². The summed E-state index contributed by atoms with van der Waals surface area (Å²) < 4.78 is 5.26. The first-order valence-electron chi connectivity index (χ1n) is 9.00. The van der Waals surface area contributed by atoms with Gasteiger partial charge in [-0.2, -0.15) is 5.10 Å². The van der Waals surface area contributed by atoms with Crippen molar-refractivity contribution in [2.75, 3.05) is 14.2 Å². The Hall–Kier alpha value is -3.08. The van der Waals surface area contributed by atoms with Gasteiger partial charge in [0.05, 0.1) is 19.3 Å². The minimum atomic E-state index is -0.00650. The summed E-state index contributed by atoms with van der Waals surface area (Å²) in [7, 11) is 3.47. The van der Waals surface area contributed by atoms with Crippen LogP contribution in [0.5, 0.6) is 5.75 Å². The zero-order valence-corrected chi connectivity index (χ0v) is 16.0. The molecule has 1 amide bonds. The fourth-order valence-corrected chi connectivity index (χ4v) is 3.17. The van der Waals surface area contributed by atoms with Gasteiger partial charge >= 0.3 is 0 Å². The minimum Gasteiger partial charge on any atom is -0.497 e. The maximum absolute atomic E-state index is 12.9. The second-order valence-corrected chi connectivity index (χ2v) is 6.73. The van der Waals surface area contributed by atoms with Crippen molar-refractivity contribution in [3.63, 3.8) is 0 Å². The van der Waals surface area contributed by atoms with Crippen LogP contribution in [0.25, 0.3) is 0 Å². The molecule has 0 radical (unpaired) electrons. The molecule has 0 spiro atoms. The number of rotatable bonds is 7. The van der Waals surface area contributed by atoms with Crippen LogP contribution in [0.3, 0.4) is 0 Å². The zero-order chi connectivity index (χ0) is 19.2. The van der Waals surface area contributed by atoms with E-state index in [-0.39, 0.29) is 11.8 Å². The molecule has 1 aromatic heterocycles. The number of aromatic nitrogens is 2. The summed E-state index contributed by atoms with van der Waals surface area (Å²) in [4.78, 5) is 14.6. The first-order chi connectivity index (χ1) is 13.1. The molecule has 3 aromatic rings. The number of benzene rings is 2. The van der Waals surface area contributed by atoms with Gasteiger partial charge in [-0.1, -0.05) is 42.5 Å². The van der Waals surface area contributed by atoms with Crippen molar-refractivity contribution in [3.05, 3.63) is 83.2 Å². The Bertz CT molecular complexity index is 872. The number of carbonyl (C=O) groups is 1. The monoisotopic (exact) mass is 363 g/mol. The molecule has 0 unspecified atom stereocenters. The van der Waals surface area contributed by atoms with E-state index in [0.29, 0.717) is 13.0 Å². The van der Waals surface area contributed by atoms with E-state index in [9.17, 15) is 4.79 Å². The smallest absolute Gasteiger partial charge is 0.223 e. The SMILES string of the molecule is COc1ccc([C@@H](CC(=O)N(C)Cc2cc(C)[nH]n2)c2ccccc2)cc1. The molecule has 0 aliphatic carbocycles. The minimum absolute atomic E-state index is 0.00650. The molecular weight excluding hydrogens is 338 g/mol. The molecular formula is C22H25N3O2. The van der Waals surface area contributed by atoms with E-state index in [1.54, 1.807) is 12.0 Å². The van der Waals surface area contributed by atoms with Crippen molar-refractivity contribution in [2.24, 2.45) is 0 Å². The molecule has 3 rings (SSSR count). The molecule has 0 bridgehead atoms. The first-order valence-corrected chi connectivity index (χ1v) is 9.00. The third kappa shape index (κ3) is 4.76. The first kappa shape index (κ1) is 18.7. The molecule has 1 N–H and O–H groups in total. The number of hydrogen-bond donors (Lipinski definition) is 1. The standard InChI is InChI=1S/C22H25N3O2/c1-16-13-19(24-23-16)15-25(2)22(26)14-21(17-7-5-4-6-8-17)18-9-11-20(27-3)12-10-18/h4-13,21H,14-15H2,1-3H3,(H,23,24)/t21-/m0/s1. The number of methoxy groups -OCH3 is 1. The summed E-state index contributed by atoms with van der Waals surface area (Å²) in [5.74, 6) is 0.885. The predicted molar refractivity (Wildman–Crippen MR) is 106 cm³/mol. The van der Waals surface area contributed by atoms with E-state index < -0.39 is 0 Å². The molecule has 0 aliphatic rings. The Balaban J connectivity index is 1.79. The molecule has 1 atom stereocenters. The van der Waals surface area contributed by atoms with E-state index >= 15 is 0 Å². The number of nitrogens with one attached hydrogen (secondary N) is 1. The number of aromatic amines is 1. The highest BCUT2D eigenvalue weighted by atomic mass is 16.5. The van der Waals surface area contributed by atoms with Crippen LogP contribution in [0.4, 0.5) is 0 Å². The van der Waals surface area contributed by atoms with Crippen molar-refractivity contribution >= 4 is 5.91 Å². The topological polar surface area (TPSA) is 58.2 Å². The van der Waals surface area contributed by atoms with Gasteiger partial charge in [0.1, 0.15) is 5.75 Å². The van der Waals surface area contributed by atoms with Crippen LogP contribution in [0.15, 0.2) is 60.7 Å². The summed E-state index contributed by atoms with van der Waals surface area (Å²) in [5.41, 5.74) is 4.08. The van der Waals surface area contributed by atoms with Crippen molar-refractivity contribution < 1.29 is 9.53 Å². The lowest BCUT2D eigenvalue weighted by atomic mass is 9.88. The largest absolute Gasteiger partial charge is 0.497 e. The maximum atomic E-state index is 12.9. The van der Waals surface area contributed by atoms with E-state index in [1.807, 2.05) is 62.5 Å². The van der Waals surface area contributed by atoms with Crippen molar-refractivity contribution in [1.82, 2.24) is 15.1 Å². The molecule has 0 aliphatic heterocycles. The quantitative estimate of drug-likeness (QED) is 0.692. The summed E-state index contributed by atoms with van der Waals surface area (Å²) in [6.45, 7) is 2.45. The van der Waals surface area contributed by atoms with Crippen LogP contribution < -0.4 is 4.74 Å². The Morgan fingerprint density at radius 2 is 1.78 bits per heavy atom. The lowest BCUT2D eigenvalue weighted by Crippen LogP contribution is -2.28. The number of carbonyl (C=O) groups excluding carboxylic acids is 1. The number of aryl methyl sites for hydroxylation is 1. The molecule has 5 nitrogen and oxygen atoms in total. The van der Waals surface area contributed by atoms with Crippen LogP contribution in [0, 0.1) is 6.92 Å². The molecule has 5 heteroatoms. The molecule has 0 saturated heterocycles. The maximum Gasteiger partial charge on any atom is 0.223 e. The fraction of sp³-hybridized carbons (Fsp3) is 0.273. The van der Waals surface area contributed by atoms with Crippen LogP contribution in [0.2, 0.25) is 0 Å². The molecule has 0 fully saturated rings. The van der Waals surface area contributed by atoms with E-state index in [2.05, 4.69) is 22.3 Å². The molecule has 27 heavy (non-hydrogen) atoms. The highest BCUT2D eigenvalue weighted by Crippen LogP contribution is 2.30. The van der Waals surface area contributed by atoms with Gasteiger partial charge in [0.15, 0.2) is 0 Å². The number of nitrogens with zero attached hydrogens (tertiary/aromatic N) is 2. The van der Waals surface area contributed by atoms with Gasteiger partial charge in [-0.3, -0.25) is 9.89 Å². The van der Waals surface area contributed by atoms with E-state index in [1.165, 1.54) is 0 Å². The van der Waals surface area contributed by atoms with E-state index in [0.717, 1.165) is 28.3 Å². The van der Waals surface area contributed by atoms with Gasteiger partial charge in [0, 0.05) is 25.1 Å². The lowest BCUT2D eigenvalue weighted by molar-refractivity contribution is -0.130. The highest BCUT2D eigenvalue weighted by molar-refractivity contribution is 5.77. The van der Waals surface area contributed by atoms with Crippen molar-refractivity contribution in [2.45, 2.75) is 25.8 Å². The number of ether oxygens (including phenoxy) is 1. The van der Waals surface area contributed by atoms with Crippen molar-refractivity contribution in [1.29, 1.82) is 0 Å². The van der Waals surface area contributed by atoms with Gasteiger partial charge in [-0.05, 0) is 36.2 Å². The van der Waals surface area contributed by atoms with Gasteiger partial charge < -0.3 is 9.64 Å². The van der Waals surface area contributed by atoms with Crippen LogP contribution in [0.1, 0.15) is 34.9 Å². The number of hydrogen-bond acceptors (Lipinski definition) is 3. The number of amides is 1.